The molecule has 33 heavy (non-hydrogen) atoms. The molecule has 1 saturated heterocycles. The average molecular weight is 447 g/mol. The van der Waals surface area contributed by atoms with Crippen LogP contribution in [-0.4, -0.2) is 30.5 Å². The Balaban J connectivity index is 1.95. The fraction of sp³-hybridized carbons (Fsp3) is 0.154. The number of hydrogen-bond acceptors (Lipinski definition) is 5. The van der Waals surface area contributed by atoms with E-state index >= 15 is 0 Å². The van der Waals surface area contributed by atoms with Crippen LogP contribution in [0.3, 0.4) is 0 Å². The van der Waals surface area contributed by atoms with Gasteiger partial charge in [-0.1, -0.05) is 30.3 Å². The third kappa shape index (κ3) is 4.05. The first-order valence-electron chi connectivity index (χ1n) is 10.4. The fourth-order valence-electron chi connectivity index (χ4n) is 3.94. The Hall–Kier alpha value is -4.13. The van der Waals surface area contributed by atoms with Crippen molar-refractivity contribution in [2.45, 2.75) is 13.0 Å². The van der Waals surface area contributed by atoms with Gasteiger partial charge in [0.05, 0.1) is 25.3 Å². The summed E-state index contributed by atoms with van der Waals surface area (Å²) < 4.78 is 24.5. The molecule has 1 amide bonds. The van der Waals surface area contributed by atoms with E-state index in [-0.39, 0.29) is 11.3 Å². The van der Waals surface area contributed by atoms with Crippen LogP contribution >= 0.6 is 0 Å². The summed E-state index contributed by atoms with van der Waals surface area (Å²) in [7, 11) is 1.48. The summed E-state index contributed by atoms with van der Waals surface area (Å²) in [6.07, 6.45) is 0. The first-order valence-corrected chi connectivity index (χ1v) is 10.4. The lowest BCUT2D eigenvalue weighted by Crippen LogP contribution is -2.29. The van der Waals surface area contributed by atoms with Crippen molar-refractivity contribution < 1.29 is 28.6 Å². The maximum atomic E-state index is 13.6. The lowest BCUT2D eigenvalue weighted by atomic mass is 9.94. The molecule has 0 aromatic heterocycles. The molecule has 3 aromatic carbocycles. The third-order valence-electron chi connectivity index (χ3n) is 5.40. The predicted octanol–water partition coefficient (Wildman–Crippen LogP) is 4.86. The molecule has 1 heterocycles. The highest BCUT2D eigenvalue weighted by Gasteiger charge is 2.47. The lowest BCUT2D eigenvalue weighted by Gasteiger charge is -2.26. The van der Waals surface area contributed by atoms with Gasteiger partial charge in [0.15, 0.2) is 0 Å². The molecule has 0 spiro atoms. The van der Waals surface area contributed by atoms with E-state index in [1.54, 1.807) is 48.5 Å². The Labute approximate surface area is 190 Å². The second-order valence-corrected chi connectivity index (χ2v) is 7.35. The molecule has 168 valence electrons. The smallest absolute Gasteiger partial charge is 0.300 e. The van der Waals surface area contributed by atoms with E-state index in [9.17, 15) is 19.1 Å². The van der Waals surface area contributed by atoms with Gasteiger partial charge in [-0.3, -0.25) is 14.5 Å². The number of methoxy groups -OCH3 is 1. The molecule has 0 bridgehead atoms. The first kappa shape index (κ1) is 22.1. The quantitative estimate of drug-likeness (QED) is 0.332. The average Bonchev–Trinajstić information content (AvgIpc) is 3.10. The summed E-state index contributed by atoms with van der Waals surface area (Å²) in [6.45, 7) is 2.27. The van der Waals surface area contributed by atoms with Gasteiger partial charge in [-0.2, -0.15) is 0 Å². The standard InChI is InChI=1S/C26H22FNO5/c1-3-33-19-8-6-7-16(15-19)24(29)22-23(20-9-4-5-10-21(20)32-2)28(26(31)25(22)30)18-13-11-17(27)12-14-18/h4-15,23,29H,3H2,1-2H3/b24-22-. The zero-order valence-corrected chi connectivity index (χ0v) is 18.1. The van der Waals surface area contributed by atoms with Crippen LogP contribution in [-0.2, 0) is 9.59 Å². The number of ketones is 1. The minimum absolute atomic E-state index is 0.0949. The molecule has 4 rings (SSSR count). The molecule has 1 aliphatic heterocycles. The Kier molecular flexibility index (Phi) is 6.13. The number of rotatable bonds is 6. The third-order valence-corrected chi connectivity index (χ3v) is 5.40. The van der Waals surface area contributed by atoms with Crippen molar-refractivity contribution in [3.8, 4) is 11.5 Å². The summed E-state index contributed by atoms with van der Waals surface area (Å²) in [6, 6.07) is 17.8. The predicted molar refractivity (Wildman–Crippen MR) is 122 cm³/mol. The van der Waals surface area contributed by atoms with Crippen molar-refractivity contribution in [2.24, 2.45) is 0 Å². The molecule has 1 unspecified atom stereocenters. The molecule has 7 heteroatoms. The zero-order chi connectivity index (χ0) is 23.5. The summed E-state index contributed by atoms with van der Waals surface area (Å²) in [4.78, 5) is 27.6. The van der Waals surface area contributed by atoms with Gasteiger partial charge in [0.2, 0.25) is 0 Å². The topological polar surface area (TPSA) is 76.1 Å². The minimum atomic E-state index is -0.984. The maximum Gasteiger partial charge on any atom is 0.300 e. The van der Waals surface area contributed by atoms with Crippen LogP contribution in [0.15, 0.2) is 78.4 Å². The van der Waals surface area contributed by atoms with Crippen LogP contribution in [0.4, 0.5) is 10.1 Å². The molecule has 0 aliphatic carbocycles. The van der Waals surface area contributed by atoms with Crippen LogP contribution in [0.2, 0.25) is 0 Å². The van der Waals surface area contributed by atoms with E-state index in [2.05, 4.69) is 0 Å². The second-order valence-electron chi connectivity index (χ2n) is 7.35. The number of anilines is 1. The molecule has 1 aliphatic rings. The van der Waals surface area contributed by atoms with Gasteiger partial charge in [-0.15, -0.1) is 0 Å². The number of halogens is 1. The Bertz CT molecular complexity index is 1240. The van der Waals surface area contributed by atoms with Gasteiger partial charge in [0.1, 0.15) is 23.1 Å². The van der Waals surface area contributed by atoms with E-state index in [0.717, 1.165) is 0 Å². The molecular formula is C26H22FNO5. The number of carbonyl (C=O) groups excluding carboxylic acids is 2. The Morgan fingerprint density at radius 2 is 1.76 bits per heavy atom. The van der Waals surface area contributed by atoms with Gasteiger partial charge in [0, 0.05) is 16.8 Å². The van der Waals surface area contributed by atoms with Crippen LogP contribution in [0, 0.1) is 5.82 Å². The highest BCUT2D eigenvalue weighted by atomic mass is 19.1. The number of Topliss-reactive ketones (excluding diaryl/α,β-unsaturated/α-hetero) is 1. The second kappa shape index (κ2) is 9.16. The number of nitrogens with zero attached hydrogens (tertiary/aromatic N) is 1. The number of hydrogen-bond donors (Lipinski definition) is 1. The molecule has 1 N–H and O–H groups in total. The molecule has 3 aromatic rings. The molecule has 1 atom stereocenters. The summed E-state index contributed by atoms with van der Waals surface area (Å²) >= 11 is 0. The van der Waals surface area contributed by atoms with E-state index in [0.29, 0.717) is 34.9 Å². The van der Waals surface area contributed by atoms with Crippen molar-refractivity contribution in [2.75, 3.05) is 18.6 Å². The highest BCUT2D eigenvalue weighted by molar-refractivity contribution is 6.51. The van der Waals surface area contributed by atoms with Crippen molar-refractivity contribution in [1.29, 1.82) is 0 Å². The number of carbonyl (C=O) groups is 2. The maximum absolute atomic E-state index is 13.6. The van der Waals surface area contributed by atoms with Crippen LogP contribution in [0.5, 0.6) is 11.5 Å². The summed E-state index contributed by atoms with van der Waals surface area (Å²) in [5.41, 5.74) is 1.06. The monoisotopic (exact) mass is 447 g/mol. The van der Waals surface area contributed by atoms with Gasteiger partial charge in [-0.05, 0) is 49.4 Å². The lowest BCUT2D eigenvalue weighted by molar-refractivity contribution is -0.132. The van der Waals surface area contributed by atoms with Gasteiger partial charge >= 0.3 is 0 Å². The number of aliphatic hydroxyl groups excluding tert-OH is 1. The zero-order valence-electron chi connectivity index (χ0n) is 18.1. The van der Waals surface area contributed by atoms with Gasteiger partial charge in [-0.25, -0.2) is 4.39 Å². The number of para-hydroxylation sites is 1. The Morgan fingerprint density at radius 3 is 2.45 bits per heavy atom. The van der Waals surface area contributed by atoms with Crippen molar-refractivity contribution >= 4 is 23.1 Å². The van der Waals surface area contributed by atoms with Crippen molar-refractivity contribution in [1.82, 2.24) is 0 Å². The number of aliphatic hydroxyl groups is 1. The first-order chi connectivity index (χ1) is 16.0. The summed E-state index contributed by atoms with van der Waals surface area (Å²) in [5.74, 6) is -1.55. The van der Waals surface area contributed by atoms with Crippen LogP contribution in [0.25, 0.3) is 5.76 Å². The van der Waals surface area contributed by atoms with Crippen molar-refractivity contribution in [3.63, 3.8) is 0 Å². The normalized spacial score (nSPS) is 17.3. The van der Waals surface area contributed by atoms with Crippen LogP contribution < -0.4 is 14.4 Å². The van der Waals surface area contributed by atoms with Gasteiger partial charge in [0.25, 0.3) is 11.7 Å². The molecule has 0 radical (unpaired) electrons. The molecule has 6 nitrogen and oxygen atoms in total. The molecule has 1 fully saturated rings. The molecule has 0 saturated carbocycles. The number of benzene rings is 3. The van der Waals surface area contributed by atoms with Crippen molar-refractivity contribution in [3.05, 3.63) is 95.3 Å². The largest absolute Gasteiger partial charge is 0.507 e. The number of amides is 1. The van der Waals surface area contributed by atoms with E-state index in [1.807, 2.05) is 6.92 Å². The fourth-order valence-corrected chi connectivity index (χ4v) is 3.94. The molecular weight excluding hydrogens is 425 g/mol. The Morgan fingerprint density at radius 1 is 1.03 bits per heavy atom. The number of ether oxygens (including phenoxy) is 2. The van der Waals surface area contributed by atoms with E-state index < -0.39 is 23.5 Å². The van der Waals surface area contributed by atoms with E-state index in [4.69, 9.17) is 9.47 Å². The van der Waals surface area contributed by atoms with E-state index in [1.165, 1.54) is 36.3 Å². The van der Waals surface area contributed by atoms with Crippen LogP contribution in [0.1, 0.15) is 24.1 Å². The highest BCUT2D eigenvalue weighted by Crippen LogP contribution is 2.45. The summed E-state index contributed by atoms with van der Waals surface area (Å²) in [5, 5.41) is 11.2. The SMILES string of the molecule is CCOc1cccc(/C(O)=C2/C(=O)C(=O)N(c3ccc(F)cc3)C2c2ccccc2OC)c1. The van der Waals surface area contributed by atoms with Gasteiger partial charge < -0.3 is 14.6 Å². The minimum Gasteiger partial charge on any atom is -0.507 e.